The van der Waals surface area contributed by atoms with E-state index >= 15 is 0 Å². The molecule has 1 amide bonds. The highest BCUT2D eigenvalue weighted by Gasteiger charge is 2.43. The smallest absolute Gasteiger partial charge is 0.228 e. The van der Waals surface area contributed by atoms with Crippen LogP contribution in [0.15, 0.2) is 24.5 Å². The van der Waals surface area contributed by atoms with E-state index in [9.17, 15) is 9.18 Å². The van der Waals surface area contributed by atoms with Crippen molar-refractivity contribution in [3.8, 4) is 0 Å². The first-order valence-electron chi connectivity index (χ1n) is 10.9. The number of nitrogens with zero attached hydrogens (tertiary/aromatic N) is 3. The number of carbonyl (C=O) groups is 1. The van der Waals surface area contributed by atoms with Crippen LogP contribution in [0.3, 0.4) is 0 Å². The molecular weight excluding hydrogens is 403 g/mol. The molecule has 1 aromatic carbocycles. The summed E-state index contributed by atoms with van der Waals surface area (Å²) in [5, 5.41) is 3.18. The second-order valence-corrected chi connectivity index (χ2v) is 9.35. The molecule has 0 spiro atoms. The lowest BCUT2D eigenvalue weighted by Crippen LogP contribution is -2.35. The first-order chi connectivity index (χ1) is 14.6. The predicted molar refractivity (Wildman–Crippen MR) is 115 cm³/mol. The van der Waals surface area contributed by atoms with Crippen molar-refractivity contribution in [3.05, 3.63) is 46.5 Å². The monoisotopic (exact) mass is 428 g/mol. The van der Waals surface area contributed by atoms with Crippen LogP contribution in [-0.4, -0.2) is 29.0 Å². The molecule has 1 aromatic heterocycles. The fraction of sp³-hybridized carbons (Fsp3) is 0.522. The molecule has 30 heavy (non-hydrogen) atoms. The maximum Gasteiger partial charge on any atom is 0.228 e. The van der Waals surface area contributed by atoms with Crippen LogP contribution < -0.4 is 10.2 Å². The van der Waals surface area contributed by atoms with Gasteiger partial charge >= 0.3 is 0 Å². The van der Waals surface area contributed by atoms with Crippen LogP contribution in [0, 0.1) is 23.6 Å². The number of amides is 1. The molecule has 1 N–H and O–H groups in total. The van der Waals surface area contributed by atoms with Gasteiger partial charge in [-0.05, 0) is 73.5 Å². The third-order valence-electron chi connectivity index (χ3n) is 6.90. The van der Waals surface area contributed by atoms with E-state index in [1.807, 2.05) is 6.07 Å². The maximum absolute atomic E-state index is 14.2. The Hall–Kier alpha value is -2.21. The normalized spacial score (nSPS) is 23.4. The van der Waals surface area contributed by atoms with Gasteiger partial charge in [-0.15, -0.1) is 0 Å². The predicted octanol–water partition coefficient (Wildman–Crippen LogP) is 4.64. The van der Waals surface area contributed by atoms with Crippen LogP contribution in [0.25, 0.3) is 0 Å². The molecule has 1 saturated carbocycles. The molecule has 7 heteroatoms. The number of nitrogens with one attached hydrogen (secondary N) is 1. The molecule has 3 heterocycles. The van der Waals surface area contributed by atoms with Crippen LogP contribution in [0.1, 0.15) is 43.2 Å². The van der Waals surface area contributed by atoms with E-state index in [1.54, 1.807) is 18.5 Å². The fourth-order valence-corrected chi connectivity index (χ4v) is 5.35. The van der Waals surface area contributed by atoms with E-state index < -0.39 is 0 Å². The Morgan fingerprint density at radius 3 is 2.73 bits per heavy atom. The lowest BCUT2D eigenvalue weighted by Gasteiger charge is -2.32. The Morgan fingerprint density at radius 1 is 1.20 bits per heavy atom. The van der Waals surface area contributed by atoms with Gasteiger partial charge in [-0.1, -0.05) is 17.7 Å². The average molecular weight is 429 g/mol. The molecule has 3 aliphatic rings. The Labute approximate surface area is 181 Å². The van der Waals surface area contributed by atoms with Gasteiger partial charge < -0.3 is 10.2 Å². The average Bonchev–Trinajstić information content (AvgIpc) is 3.41. The van der Waals surface area contributed by atoms with Crippen LogP contribution in [0.2, 0.25) is 5.02 Å². The lowest BCUT2D eigenvalue weighted by atomic mass is 9.90. The number of aromatic nitrogens is 2. The van der Waals surface area contributed by atoms with Crippen molar-refractivity contribution < 1.29 is 9.18 Å². The first kappa shape index (κ1) is 19.7. The van der Waals surface area contributed by atoms with Crippen molar-refractivity contribution in [3.63, 3.8) is 0 Å². The summed E-state index contributed by atoms with van der Waals surface area (Å²) in [5.41, 5.74) is 2.19. The van der Waals surface area contributed by atoms with Crippen LogP contribution in [0.5, 0.6) is 0 Å². The van der Waals surface area contributed by atoms with Gasteiger partial charge in [-0.2, -0.15) is 0 Å². The second-order valence-electron chi connectivity index (χ2n) is 8.91. The second kappa shape index (κ2) is 8.14. The standard InChI is InChI=1S/C23H26ClFN4O/c24-18-12-26-23(27-13-18)29-6-4-15(5-7-29)19-10-16(19)3-1-2-14-8-17-11-21(30)28-22(17)20(25)9-14/h8-9,12-13,15-16,19H,1-7,10-11H2,(H,28,30)/t16-,19-/m1/s1. The summed E-state index contributed by atoms with van der Waals surface area (Å²) < 4.78 is 14.2. The maximum atomic E-state index is 14.2. The topological polar surface area (TPSA) is 58.1 Å². The van der Waals surface area contributed by atoms with Crippen molar-refractivity contribution in [1.29, 1.82) is 0 Å². The molecule has 2 aromatic rings. The lowest BCUT2D eigenvalue weighted by molar-refractivity contribution is -0.115. The number of halogens is 2. The van der Waals surface area contributed by atoms with Crippen LogP contribution in [0.4, 0.5) is 16.0 Å². The summed E-state index contributed by atoms with van der Waals surface area (Å²) >= 11 is 5.88. The summed E-state index contributed by atoms with van der Waals surface area (Å²) in [6, 6.07) is 3.58. The largest absolute Gasteiger partial charge is 0.341 e. The number of hydrogen-bond donors (Lipinski definition) is 1. The number of benzene rings is 1. The van der Waals surface area contributed by atoms with Gasteiger partial charge in [0.15, 0.2) is 0 Å². The van der Waals surface area contributed by atoms with Crippen LogP contribution >= 0.6 is 11.6 Å². The third-order valence-corrected chi connectivity index (χ3v) is 7.09. The van der Waals surface area contributed by atoms with Crippen LogP contribution in [-0.2, 0) is 17.6 Å². The Kier molecular flexibility index (Phi) is 5.35. The Bertz CT molecular complexity index is 943. The minimum absolute atomic E-state index is 0.115. The van der Waals surface area contributed by atoms with Gasteiger partial charge in [0.1, 0.15) is 5.82 Å². The molecule has 0 radical (unpaired) electrons. The van der Waals surface area contributed by atoms with Crippen molar-refractivity contribution >= 4 is 29.1 Å². The first-order valence-corrected chi connectivity index (χ1v) is 11.3. The molecule has 0 unspecified atom stereocenters. The summed E-state index contributed by atoms with van der Waals surface area (Å²) in [7, 11) is 0. The minimum Gasteiger partial charge on any atom is -0.341 e. The summed E-state index contributed by atoms with van der Waals surface area (Å²) in [5.74, 6) is 2.83. The zero-order chi connectivity index (χ0) is 20.7. The number of fused-ring (bicyclic) bond motifs is 1. The number of rotatable bonds is 6. The molecule has 5 nitrogen and oxygen atoms in total. The van der Waals surface area contributed by atoms with Gasteiger partial charge in [0.2, 0.25) is 11.9 Å². The Balaban J connectivity index is 1.07. The molecule has 158 valence electrons. The third kappa shape index (κ3) is 4.15. The zero-order valence-electron chi connectivity index (χ0n) is 16.9. The molecule has 0 bridgehead atoms. The molecule has 1 saturated heterocycles. The number of anilines is 2. The molecule has 1 aliphatic carbocycles. The minimum atomic E-state index is -0.297. The van der Waals surface area contributed by atoms with Gasteiger partial charge in [0.25, 0.3) is 0 Å². The van der Waals surface area contributed by atoms with E-state index in [2.05, 4.69) is 20.2 Å². The van der Waals surface area contributed by atoms with Crippen molar-refractivity contribution in [1.82, 2.24) is 9.97 Å². The highest BCUT2D eigenvalue weighted by Crippen LogP contribution is 2.50. The van der Waals surface area contributed by atoms with Gasteiger partial charge in [0, 0.05) is 13.1 Å². The number of piperidine rings is 1. The summed E-state index contributed by atoms with van der Waals surface area (Å²) in [4.78, 5) is 22.4. The number of hydrogen-bond acceptors (Lipinski definition) is 4. The SMILES string of the molecule is O=C1Cc2cc(CCC[C@@H]3C[C@@H]3C3CCN(c4ncc(Cl)cn4)CC3)cc(F)c2N1. The number of aryl methyl sites for hydroxylation is 1. The van der Waals surface area contributed by atoms with E-state index in [1.165, 1.54) is 25.7 Å². The molecule has 5 rings (SSSR count). The molecule has 2 fully saturated rings. The molecule has 2 atom stereocenters. The summed E-state index contributed by atoms with van der Waals surface area (Å²) in [6.07, 6.45) is 10.5. The van der Waals surface area contributed by atoms with E-state index in [0.717, 1.165) is 60.8 Å². The fourth-order valence-electron chi connectivity index (χ4n) is 5.25. The molecular formula is C23H26ClFN4O. The van der Waals surface area contributed by atoms with Crippen molar-refractivity contribution in [2.75, 3.05) is 23.3 Å². The Morgan fingerprint density at radius 2 is 1.97 bits per heavy atom. The highest BCUT2D eigenvalue weighted by atomic mass is 35.5. The van der Waals surface area contributed by atoms with Crippen molar-refractivity contribution in [2.45, 2.75) is 44.9 Å². The number of carbonyl (C=O) groups excluding carboxylic acids is 1. The summed E-state index contributed by atoms with van der Waals surface area (Å²) in [6.45, 7) is 2.02. The van der Waals surface area contributed by atoms with Gasteiger partial charge in [0.05, 0.1) is 29.5 Å². The van der Waals surface area contributed by atoms with Gasteiger partial charge in [-0.3, -0.25) is 4.79 Å². The zero-order valence-corrected chi connectivity index (χ0v) is 17.7. The van der Waals surface area contributed by atoms with Crippen molar-refractivity contribution in [2.24, 2.45) is 17.8 Å². The van der Waals surface area contributed by atoms with E-state index in [4.69, 9.17) is 11.6 Å². The van der Waals surface area contributed by atoms with E-state index in [0.29, 0.717) is 17.1 Å². The highest BCUT2D eigenvalue weighted by molar-refractivity contribution is 6.30. The van der Waals surface area contributed by atoms with Gasteiger partial charge in [-0.25, -0.2) is 14.4 Å². The quantitative estimate of drug-likeness (QED) is 0.728. The van der Waals surface area contributed by atoms with E-state index in [-0.39, 0.29) is 11.7 Å². The molecule has 2 aliphatic heterocycles.